The standard InChI is InChI=1S/C15H21N3O3/c1-15(17,10-6-7-10)14(20)18-11-4-2-3-5-12(11)21-9-8-13(16)19/h2-5,10H,6-9,17H2,1H3,(H2,16,19)(H,18,20). The predicted octanol–water partition coefficient (Wildman–Crippen LogP) is 1.01. The number of carbonyl (C=O) groups is 2. The molecule has 1 aromatic carbocycles. The van der Waals surface area contributed by atoms with E-state index in [1.165, 1.54) is 0 Å². The lowest BCUT2D eigenvalue weighted by molar-refractivity contribution is -0.121. The highest BCUT2D eigenvalue weighted by molar-refractivity contribution is 5.99. The molecule has 0 aromatic heterocycles. The van der Waals surface area contributed by atoms with Crippen LogP contribution in [-0.4, -0.2) is 24.0 Å². The third-order valence-corrected chi connectivity index (χ3v) is 3.66. The van der Waals surface area contributed by atoms with E-state index in [9.17, 15) is 9.59 Å². The van der Waals surface area contributed by atoms with Gasteiger partial charge in [0.1, 0.15) is 5.75 Å². The smallest absolute Gasteiger partial charge is 0.244 e. The van der Waals surface area contributed by atoms with Crippen LogP contribution in [0.15, 0.2) is 24.3 Å². The highest BCUT2D eigenvalue weighted by atomic mass is 16.5. The maximum atomic E-state index is 12.3. The number of rotatable bonds is 7. The Hall–Kier alpha value is -2.08. The topological polar surface area (TPSA) is 107 Å². The summed E-state index contributed by atoms with van der Waals surface area (Å²) in [5.74, 6) is 0.0786. The monoisotopic (exact) mass is 291 g/mol. The van der Waals surface area contributed by atoms with Gasteiger partial charge in [0.25, 0.3) is 0 Å². The summed E-state index contributed by atoms with van der Waals surface area (Å²) in [7, 11) is 0. The van der Waals surface area contributed by atoms with Crippen LogP contribution in [0.4, 0.5) is 5.69 Å². The Kier molecular flexibility index (Phi) is 4.47. The fraction of sp³-hybridized carbons (Fsp3) is 0.467. The Bertz CT molecular complexity index is 539. The molecule has 5 N–H and O–H groups in total. The van der Waals surface area contributed by atoms with Crippen molar-refractivity contribution < 1.29 is 14.3 Å². The quantitative estimate of drug-likeness (QED) is 0.696. The zero-order chi connectivity index (χ0) is 15.5. The summed E-state index contributed by atoms with van der Waals surface area (Å²) in [6.07, 6.45) is 2.09. The van der Waals surface area contributed by atoms with E-state index in [2.05, 4.69) is 5.32 Å². The number of amides is 2. The molecule has 1 unspecified atom stereocenters. The number of ether oxygens (including phenoxy) is 1. The van der Waals surface area contributed by atoms with Gasteiger partial charge in [-0.3, -0.25) is 9.59 Å². The Balaban J connectivity index is 2.02. The largest absolute Gasteiger partial charge is 0.491 e. The van der Waals surface area contributed by atoms with Crippen molar-refractivity contribution in [2.24, 2.45) is 17.4 Å². The zero-order valence-electron chi connectivity index (χ0n) is 12.1. The van der Waals surface area contributed by atoms with Gasteiger partial charge in [0.15, 0.2) is 0 Å². The van der Waals surface area contributed by atoms with Gasteiger partial charge >= 0.3 is 0 Å². The molecule has 1 aliphatic carbocycles. The number of para-hydroxylation sites is 2. The van der Waals surface area contributed by atoms with E-state index in [1.54, 1.807) is 31.2 Å². The molecule has 0 aliphatic heterocycles. The second kappa shape index (κ2) is 6.13. The van der Waals surface area contributed by atoms with Gasteiger partial charge in [0.05, 0.1) is 24.3 Å². The predicted molar refractivity (Wildman–Crippen MR) is 79.7 cm³/mol. The van der Waals surface area contributed by atoms with E-state index >= 15 is 0 Å². The number of hydrogen-bond acceptors (Lipinski definition) is 4. The summed E-state index contributed by atoms with van der Waals surface area (Å²) in [6, 6.07) is 7.04. The zero-order valence-corrected chi connectivity index (χ0v) is 12.1. The average molecular weight is 291 g/mol. The molecule has 1 fully saturated rings. The van der Waals surface area contributed by atoms with E-state index in [0.717, 1.165) is 12.8 Å². The molecule has 6 nitrogen and oxygen atoms in total. The Morgan fingerprint density at radius 3 is 2.67 bits per heavy atom. The number of primary amides is 1. The summed E-state index contributed by atoms with van der Waals surface area (Å²) >= 11 is 0. The molecule has 0 radical (unpaired) electrons. The summed E-state index contributed by atoms with van der Waals surface area (Å²) in [6.45, 7) is 1.92. The minimum absolute atomic E-state index is 0.124. The molecule has 1 aromatic rings. The number of nitrogens with one attached hydrogen (secondary N) is 1. The molecule has 6 heteroatoms. The first-order valence-corrected chi connectivity index (χ1v) is 7.01. The SMILES string of the molecule is CC(N)(C(=O)Nc1ccccc1OCCC(N)=O)C1CC1. The number of benzene rings is 1. The van der Waals surface area contributed by atoms with Crippen LogP contribution in [0.1, 0.15) is 26.2 Å². The van der Waals surface area contributed by atoms with Gasteiger partial charge in [0, 0.05) is 0 Å². The molecule has 2 rings (SSSR count). The first-order valence-electron chi connectivity index (χ1n) is 7.01. The van der Waals surface area contributed by atoms with Crippen LogP contribution in [-0.2, 0) is 9.59 Å². The molecular weight excluding hydrogens is 270 g/mol. The summed E-state index contributed by atoms with van der Waals surface area (Å²) in [4.78, 5) is 23.0. The van der Waals surface area contributed by atoms with Gasteiger partial charge in [-0.15, -0.1) is 0 Å². The van der Waals surface area contributed by atoms with E-state index < -0.39 is 11.4 Å². The van der Waals surface area contributed by atoms with Crippen molar-refractivity contribution in [1.29, 1.82) is 0 Å². The van der Waals surface area contributed by atoms with Gasteiger partial charge in [-0.25, -0.2) is 0 Å². The molecular formula is C15H21N3O3. The van der Waals surface area contributed by atoms with Crippen molar-refractivity contribution in [3.8, 4) is 5.75 Å². The summed E-state index contributed by atoms with van der Waals surface area (Å²) in [5, 5.41) is 2.81. The van der Waals surface area contributed by atoms with Crippen LogP contribution in [0.3, 0.4) is 0 Å². The lowest BCUT2D eigenvalue weighted by Crippen LogP contribution is -2.50. The van der Waals surface area contributed by atoms with Gasteiger partial charge in [0.2, 0.25) is 11.8 Å². The lowest BCUT2D eigenvalue weighted by Gasteiger charge is -2.23. The Labute approximate surface area is 123 Å². The van der Waals surface area contributed by atoms with Crippen LogP contribution in [0, 0.1) is 5.92 Å². The van der Waals surface area contributed by atoms with E-state index in [-0.39, 0.29) is 24.9 Å². The van der Waals surface area contributed by atoms with Gasteiger partial charge in [-0.2, -0.15) is 0 Å². The lowest BCUT2D eigenvalue weighted by atomic mass is 9.96. The van der Waals surface area contributed by atoms with Crippen molar-refractivity contribution in [2.45, 2.75) is 31.7 Å². The number of anilines is 1. The molecule has 0 saturated heterocycles. The van der Waals surface area contributed by atoms with Gasteiger partial charge in [-0.1, -0.05) is 12.1 Å². The van der Waals surface area contributed by atoms with Crippen LogP contribution in [0.5, 0.6) is 5.75 Å². The number of carbonyl (C=O) groups excluding carboxylic acids is 2. The molecule has 1 saturated carbocycles. The normalized spacial score (nSPS) is 16.9. The second-order valence-corrected chi connectivity index (χ2v) is 5.57. The van der Waals surface area contributed by atoms with Crippen molar-refractivity contribution in [3.63, 3.8) is 0 Å². The minimum atomic E-state index is -0.875. The number of hydrogen-bond donors (Lipinski definition) is 3. The van der Waals surface area contributed by atoms with Crippen LogP contribution < -0.4 is 21.5 Å². The summed E-state index contributed by atoms with van der Waals surface area (Å²) < 4.78 is 5.48. The molecule has 114 valence electrons. The second-order valence-electron chi connectivity index (χ2n) is 5.57. The number of nitrogens with two attached hydrogens (primary N) is 2. The van der Waals surface area contributed by atoms with Crippen molar-refractivity contribution in [1.82, 2.24) is 0 Å². The van der Waals surface area contributed by atoms with Crippen molar-refractivity contribution in [2.75, 3.05) is 11.9 Å². The summed E-state index contributed by atoms with van der Waals surface area (Å²) in [5.41, 5.74) is 10.8. The highest BCUT2D eigenvalue weighted by Gasteiger charge is 2.44. The van der Waals surface area contributed by atoms with Crippen molar-refractivity contribution in [3.05, 3.63) is 24.3 Å². The van der Waals surface area contributed by atoms with E-state index in [1.807, 2.05) is 0 Å². The third kappa shape index (κ3) is 3.95. The maximum Gasteiger partial charge on any atom is 0.244 e. The van der Waals surface area contributed by atoms with E-state index in [0.29, 0.717) is 11.4 Å². The fourth-order valence-electron chi connectivity index (χ4n) is 2.08. The average Bonchev–Trinajstić information content (AvgIpc) is 3.25. The molecule has 0 heterocycles. The third-order valence-electron chi connectivity index (χ3n) is 3.66. The molecule has 1 atom stereocenters. The van der Waals surface area contributed by atoms with Crippen LogP contribution in [0.2, 0.25) is 0 Å². The minimum Gasteiger partial charge on any atom is -0.491 e. The molecule has 0 bridgehead atoms. The molecule has 21 heavy (non-hydrogen) atoms. The van der Waals surface area contributed by atoms with E-state index in [4.69, 9.17) is 16.2 Å². The first kappa shape index (κ1) is 15.3. The van der Waals surface area contributed by atoms with Gasteiger partial charge in [-0.05, 0) is 37.8 Å². The first-order chi connectivity index (χ1) is 9.91. The highest BCUT2D eigenvalue weighted by Crippen LogP contribution is 2.39. The van der Waals surface area contributed by atoms with Gasteiger partial charge < -0.3 is 21.5 Å². The maximum absolute atomic E-state index is 12.3. The molecule has 2 amide bonds. The Morgan fingerprint density at radius 2 is 2.05 bits per heavy atom. The molecule has 1 aliphatic rings. The van der Waals surface area contributed by atoms with Crippen LogP contribution in [0.25, 0.3) is 0 Å². The molecule has 0 spiro atoms. The van der Waals surface area contributed by atoms with Crippen molar-refractivity contribution >= 4 is 17.5 Å². The Morgan fingerprint density at radius 1 is 1.38 bits per heavy atom. The van der Waals surface area contributed by atoms with Crippen LogP contribution >= 0.6 is 0 Å². The fourth-order valence-corrected chi connectivity index (χ4v) is 2.08.